The second kappa shape index (κ2) is 12.4. The molecular weight excluding hydrogens is 362 g/mol. The van der Waals surface area contributed by atoms with Gasteiger partial charge in [0.05, 0.1) is 0 Å². The zero-order valence-corrected chi connectivity index (χ0v) is 15.9. The molecule has 10 nitrogen and oxygen atoms in total. The van der Waals surface area contributed by atoms with E-state index in [2.05, 4.69) is 28.3 Å². The van der Waals surface area contributed by atoms with E-state index in [0.717, 1.165) is 0 Å². The molecule has 0 fully saturated rings. The number of hydrogen-bond acceptors (Lipinski definition) is 6. The number of nitrogens with zero attached hydrogens (tertiary/aromatic N) is 1. The van der Waals surface area contributed by atoms with Gasteiger partial charge in [0.2, 0.25) is 5.91 Å². The summed E-state index contributed by atoms with van der Waals surface area (Å²) in [5.41, 5.74) is 10.4. The number of hydrogen-bond donors (Lipinski definition) is 7. The van der Waals surface area contributed by atoms with E-state index in [0.29, 0.717) is 32.4 Å². The van der Waals surface area contributed by atoms with E-state index in [-0.39, 0.29) is 11.9 Å². The molecule has 3 atom stereocenters. The number of guanidine groups is 1. The first-order chi connectivity index (χ1) is 12.1. The Morgan fingerprint density at radius 1 is 1.15 bits per heavy atom. The lowest BCUT2D eigenvalue weighted by molar-refractivity contribution is -0.143. The fourth-order valence-corrected chi connectivity index (χ4v) is 2.15. The molecular formula is C15H29N5O5S. The van der Waals surface area contributed by atoms with Crippen molar-refractivity contribution in [2.24, 2.45) is 22.4 Å². The SMILES string of the molecule is CC(C)C[C@H](NC(=O)[C@@H](O)[C@@H](S)C(=O)O)C(=O)NCCCCN=C(N)N. The van der Waals surface area contributed by atoms with Crippen molar-refractivity contribution in [2.75, 3.05) is 13.1 Å². The number of aliphatic imine (C=N–C) groups is 1. The molecule has 0 rings (SSSR count). The highest BCUT2D eigenvalue weighted by molar-refractivity contribution is 7.81. The van der Waals surface area contributed by atoms with Crippen molar-refractivity contribution in [3.8, 4) is 0 Å². The number of carboxylic acids is 1. The minimum absolute atomic E-state index is 0.0103. The van der Waals surface area contributed by atoms with Gasteiger partial charge in [-0.3, -0.25) is 19.4 Å². The number of carbonyl (C=O) groups is 3. The van der Waals surface area contributed by atoms with Gasteiger partial charge in [0, 0.05) is 13.1 Å². The minimum atomic E-state index is -1.86. The third-order valence-corrected chi connectivity index (χ3v) is 3.84. The highest BCUT2D eigenvalue weighted by Gasteiger charge is 2.31. The Hall–Kier alpha value is -2.01. The molecule has 8 N–H and O–H groups in total. The van der Waals surface area contributed by atoms with E-state index in [1.54, 1.807) is 0 Å². The number of amides is 2. The first-order valence-corrected chi connectivity index (χ1v) is 8.80. The fraction of sp³-hybridized carbons (Fsp3) is 0.733. The van der Waals surface area contributed by atoms with Crippen LogP contribution in [-0.2, 0) is 14.4 Å². The Bertz CT molecular complexity index is 511. The summed E-state index contributed by atoms with van der Waals surface area (Å²) in [7, 11) is 0. The van der Waals surface area contributed by atoms with Crippen molar-refractivity contribution in [3.05, 3.63) is 0 Å². The summed E-state index contributed by atoms with van der Waals surface area (Å²) in [6.45, 7) is 4.57. The smallest absolute Gasteiger partial charge is 0.319 e. The van der Waals surface area contributed by atoms with E-state index in [9.17, 15) is 19.5 Å². The molecule has 11 heteroatoms. The third kappa shape index (κ3) is 10.1. The van der Waals surface area contributed by atoms with Gasteiger partial charge in [-0.25, -0.2) is 0 Å². The van der Waals surface area contributed by atoms with Gasteiger partial charge in [-0.1, -0.05) is 13.8 Å². The molecule has 0 aromatic heterocycles. The van der Waals surface area contributed by atoms with E-state index in [1.165, 1.54) is 0 Å². The average molecular weight is 391 g/mol. The van der Waals surface area contributed by atoms with Crippen LogP contribution in [0.1, 0.15) is 33.1 Å². The number of unbranched alkanes of at least 4 members (excludes halogenated alkanes) is 1. The van der Waals surface area contributed by atoms with E-state index in [1.807, 2.05) is 13.8 Å². The second-order valence-electron chi connectivity index (χ2n) is 6.22. The van der Waals surface area contributed by atoms with Crippen LogP contribution in [0.2, 0.25) is 0 Å². The van der Waals surface area contributed by atoms with Crippen LogP contribution in [0.4, 0.5) is 0 Å². The highest BCUT2D eigenvalue weighted by atomic mass is 32.1. The molecule has 0 heterocycles. The maximum absolute atomic E-state index is 12.3. The summed E-state index contributed by atoms with van der Waals surface area (Å²) < 4.78 is 0. The van der Waals surface area contributed by atoms with E-state index in [4.69, 9.17) is 16.6 Å². The van der Waals surface area contributed by atoms with Gasteiger partial charge in [0.1, 0.15) is 11.3 Å². The maximum Gasteiger partial charge on any atom is 0.319 e. The first kappa shape index (κ1) is 24.0. The van der Waals surface area contributed by atoms with Gasteiger partial charge in [0.15, 0.2) is 12.1 Å². The summed E-state index contributed by atoms with van der Waals surface area (Å²) in [6.07, 6.45) is -0.204. The topological polar surface area (TPSA) is 180 Å². The van der Waals surface area contributed by atoms with Crippen LogP contribution in [-0.4, -0.2) is 64.4 Å². The minimum Gasteiger partial charge on any atom is -0.480 e. The largest absolute Gasteiger partial charge is 0.480 e. The number of carbonyl (C=O) groups excluding carboxylic acids is 2. The normalized spacial score (nSPS) is 14.2. The van der Waals surface area contributed by atoms with Crippen molar-refractivity contribution < 1.29 is 24.6 Å². The van der Waals surface area contributed by atoms with Gasteiger partial charge in [-0.05, 0) is 25.2 Å². The number of rotatable bonds is 12. The Kier molecular flexibility index (Phi) is 11.4. The van der Waals surface area contributed by atoms with Gasteiger partial charge < -0.3 is 32.3 Å². The predicted octanol–water partition coefficient (Wildman–Crippen LogP) is -1.57. The average Bonchev–Trinajstić information content (AvgIpc) is 2.54. The molecule has 0 aromatic carbocycles. The Morgan fingerprint density at radius 2 is 1.77 bits per heavy atom. The lowest BCUT2D eigenvalue weighted by Crippen LogP contribution is -2.52. The van der Waals surface area contributed by atoms with Crippen molar-refractivity contribution in [1.82, 2.24) is 10.6 Å². The van der Waals surface area contributed by atoms with Gasteiger partial charge in [-0.15, -0.1) is 0 Å². The molecule has 26 heavy (non-hydrogen) atoms. The zero-order chi connectivity index (χ0) is 20.3. The third-order valence-electron chi connectivity index (χ3n) is 3.34. The van der Waals surface area contributed by atoms with Gasteiger partial charge in [-0.2, -0.15) is 12.6 Å². The van der Waals surface area contributed by atoms with Gasteiger partial charge in [0.25, 0.3) is 5.91 Å². The van der Waals surface area contributed by atoms with E-state index < -0.39 is 35.2 Å². The first-order valence-electron chi connectivity index (χ1n) is 8.28. The molecule has 2 amide bonds. The Balaban J connectivity index is 4.58. The number of thiol groups is 1. The summed E-state index contributed by atoms with van der Waals surface area (Å²) in [6, 6.07) is -0.885. The molecule has 0 aromatic rings. The van der Waals surface area contributed by atoms with Crippen molar-refractivity contribution in [2.45, 2.75) is 50.5 Å². The van der Waals surface area contributed by atoms with Gasteiger partial charge >= 0.3 is 5.97 Å². The van der Waals surface area contributed by atoms with Crippen molar-refractivity contribution in [1.29, 1.82) is 0 Å². The molecule has 0 bridgehead atoms. The number of aliphatic hydroxyl groups excluding tert-OH is 1. The summed E-state index contributed by atoms with van der Waals surface area (Å²) in [4.78, 5) is 38.9. The van der Waals surface area contributed by atoms with Crippen LogP contribution in [0.15, 0.2) is 4.99 Å². The quantitative estimate of drug-likeness (QED) is 0.0908. The van der Waals surface area contributed by atoms with Crippen LogP contribution in [0.25, 0.3) is 0 Å². The Labute approximate surface area is 158 Å². The van der Waals surface area contributed by atoms with E-state index >= 15 is 0 Å². The van der Waals surface area contributed by atoms with Crippen LogP contribution < -0.4 is 22.1 Å². The van der Waals surface area contributed by atoms with Crippen molar-refractivity contribution >= 4 is 36.4 Å². The molecule has 0 unspecified atom stereocenters. The molecule has 0 spiro atoms. The van der Waals surface area contributed by atoms with Crippen LogP contribution in [0, 0.1) is 5.92 Å². The predicted molar refractivity (Wildman–Crippen MR) is 101 cm³/mol. The molecule has 150 valence electrons. The maximum atomic E-state index is 12.3. The Morgan fingerprint density at radius 3 is 2.27 bits per heavy atom. The van der Waals surface area contributed by atoms with Crippen LogP contribution in [0.5, 0.6) is 0 Å². The number of nitrogens with one attached hydrogen (secondary N) is 2. The number of carboxylic acid groups (broad SMARTS) is 1. The lowest BCUT2D eigenvalue weighted by Gasteiger charge is -2.22. The number of nitrogens with two attached hydrogens (primary N) is 2. The highest BCUT2D eigenvalue weighted by Crippen LogP contribution is 2.08. The molecule has 0 radical (unpaired) electrons. The summed E-state index contributed by atoms with van der Waals surface area (Å²) >= 11 is 3.67. The molecule has 0 saturated heterocycles. The van der Waals surface area contributed by atoms with Crippen LogP contribution in [0.3, 0.4) is 0 Å². The fourth-order valence-electron chi connectivity index (χ4n) is 2.02. The monoisotopic (exact) mass is 391 g/mol. The molecule has 0 saturated carbocycles. The molecule has 0 aliphatic carbocycles. The van der Waals surface area contributed by atoms with Crippen molar-refractivity contribution in [3.63, 3.8) is 0 Å². The molecule has 0 aliphatic rings. The summed E-state index contributed by atoms with van der Waals surface area (Å²) in [5, 5.41) is 22.0. The second-order valence-corrected chi connectivity index (χ2v) is 6.78. The van der Waals surface area contributed by atoms with Crippen LogP contribution >= 0.6 is 12.6 Å². The summed E-state index contributed by atoms with van der Waals surface area (Å²) in [5.74, 6) is -2.69. The lowest BCUT2D eigenvalue weighted by atomic mass is 10.0. The standard InChI is InChI=1S/C15H29N5O5S/c1-8(2)7-9(20-13(23)10(21)11(26)14(24)25)12(22)18-5-3-4-6-19-15(16)17/h8-11,21,26H,3-7H2,1-2H3,(H,18,22)(H,20,23)(H,24,25)(H4,16,17,19)/t9-,10-,11+/m0/s1. The number of aliphatic carboxylic acids is 1. The zero-order valence-electron chi connectivity index (χ0n) is 15.0. The molecule has 0 aliphatic heterocycles. The number of aliphatic hydroxyl groups is 1.